The maximum Gasteiger partial charge on any atom is 0.191 e. The van der Waals surface area contributed by atoms with Gasteiger partial charge in [0.25, 0.3) is 0 Å². The van der Waals surface area contributed by atoms with Gasteiger partial charge in [-0.3, -0.25) is 5.26 Å². The summed E-state index contributed by atoms with van der Waals surface area (Å²) in [6.45, 7) is 0. The van der Waals surface area contributed by atoms with E-state index in [1.54, 1.807) is 12.2 Å². The Kier molecular flexibility index (Phi) is 4.79. The Morgan fingerprint density at radius 2 is 2.14 bits per heavy atom. The Labute approximate surface area is 85.2 Å². The first-order valence-corrected chi connectivity index (χ1v) is 5.54. The van der Waals surface area contributed by atoms with Gasteiger partial charge in [-0.05, 0) is 12.2 Å². The van der Waals surface area contributed by atoms with E-state index in [-0.39, 0.29) is 11.7 Å². The Morgan fingerprint density at radius 1 is 1.43 bits per heavy atom. The van der Waals surface area contributed by atoms with E-state index in [1.165, 1.54) is 5.82 Å². The SMILES string of the molecule is [B]C1C=CC(/C=C/P(O)O)C(OO)C1. The molecule has 1 rings (SSSR count). The second-order valence-corrected chi connectivity index (χ2v) is 4.11. The van der Waals surface area contributed by atoms with Gasteiger partial charge >= 0.3 is 0 Å². The number of hydrogen-bond acceptors (Lipinski definition) is 4. The molecule has 3 atom stereocenters. The maximum absolute atomic E-state index is 8.68. The highest BCUT2D eigenvalue weighted by Crippen LogP contribution is 2.31. The third-order valence-corrected chi connectivity index (χ3v) is 2.53. The molecular weight excluding hydrogens is 202 g/mol. The summed E-state index contributed by atoms with van der Waals surface area (Å²) >= 11 is 0. The van der Waals surface area contributed by atoms with Crippen molar-refractivity contribution >= 4 is 16.2 Å². The highest BCUT2D eigenvalue weighted by atomic mass is 31.2. The minimum Gasteiger partial charge on any atom is -0.347 e. The Hall–Kier alpha value is -0.185. The molecule has 0 fully saturated rings. The highest BCUT2D eigenvalue weighted by molar-refractivity contribution is 7.48. The standard InChI is InChI=1S/C8H12BO4P/c9-7-2-1-6(3-4-14(11)12)8(5-7)13-10/h1-4,6-8,10-12H,5H2/b4-3+. The summed E-state index contributed by atoms with van der Waals surface area (Å²) in [5.74, 6) is 0.999. The van der Waals surface area contributed by atoms with Crippen LogP contribution in [0, 0.1) is 5.92 Å². The van der Waals surface area contributed by atoms with Crippen LogP contribution in [0.2, 0.25) is 5.82 Å². The molecule has 0 aromatic heterocycles. The zero-order valence-electron chi connectivity index (χ0n) is 7.52. The smallest absolute Gasteiger partial charge is 0.191 e. The summed E-state index contributed by atoms with van der Waals surface area (Å²) < 4.78 is 0. The van der Waals surface area contributed by atoms with Crippen LogP contribution < -0.4 is 0 Å². The van der Waals surface area contributed by atoms with Crippen molar-refractivity contribution in [2.75, 3.05) is 0 Å². The van der Waals surface area contributed by atoms with Crippen LogP contribution in [-0.4, -0.2) is 29.0 Å². The molecule has 6 heteroatoms. The summed E-state index contributed by atoms with van der Waals surface area (Å²) in [5, 5.41) is 8.60. The molecule has 0 aromatic rings. The molecule has 14 heavy (non-hydrogen) atoms. The first kappa shape index (κ1) is 11.9. The minimum atomic E-state index is -2.04. The molecule has 3 N–H and O–H groups in total. The van der Waals surface area contributed by atoms with Crippen molar-refractivity contribution in [1.29, 1.82) is 0 Å². The Morgan fingerprint density at radius 3 is 2.71 bits per heavy atom. The van der Waals surface area contributed by atoms with Gasteiger partial charge in [0.05, 0.1) is 7.85 Å². The van der Waals surface area contributed by atoms with Crippen LogP contribution in [0.5, 0.6) is 0 Å². The predicted octanol–water partition coefficient (Wildman–Crippen LogP) is 1.19. The van der Waals surface area contributed by atoms with E-state index in [2.05, 4.69) is 4.89 Å². The van der Waals surface area contributed by atoms with Crippen LogP contribution in [0.3, 0.4) is 0 Å². The van der Waals surface area contributed by atoms with Gasteiger partial charge in [-0.25, -0.2) is 4.89 Å². The van der Waals surface area contributed by atoms with Gasteiger partial charge in [-0.2, -0.15) is 0 Å². The van der Waals surface area contributed by atoms with Gasteiger partial charge in [0.2, 0.25) is 0 Å². The Bertz CT molecular complexity index is 231. The minimum absolute atomic E-state index is 0.124. The highest BCUT2D eigenvalue weighted by Gasteiger charge is 2.23. The van der Waals surface area contributed by atoms with Crippen molar-refractivity contribution in [3.8, 4) is 0 Å². The lowest BCUT2D eigenvalue weighted by molar-refractivity contribution is -0.285. The van der Waals surface area contributed by atoms with Gasteiger partial charge in [0.1, 0.15) is 6.10 Å². The Balaban J connectivity index is 2.61. The van der Waals surface area contributed by atoms with Crippen LogP contribution in [0.15, 0.2) is 24.0 Å². The van der Waals surface area contributed by atoms with Crippen molar-refractivity contribution in [2.45, 2.75) is 18.3 Å². The van der Waals surface area contributed by atoms with Crippen molar-refractivity contribution in [2.24, 2.45) is 5.92 Å². The van der Waals surface area contributed by atoms with E-state index in [9.17, 15) is 0 Å². The molecule has 0 saturated heterocycles. The molecule has 3 unspecified atom stereocenters. The monoisotopic (exact) mass is 214 g/mol. The zero-order chi connectivity index (χ0) is 10.6. The lowest BCUT2D eigenvalue weighted by atomic mass is 9.75. The van der Waals surface area contributed by atoms with Gasteiger partial charge in [0.15, 0.2) is 8.38 Å². The molecule has 0 bridgehead atoms. The van der Waals surface area contributed by atoms with Crippen LogP contribution in [0.1, 0.15) is 6.42 Å². The van der Waals surface area contributed by atoms with E-state index in [1.807, 2.05) is 6.08 Å². The van der Waals surface area contributed by atoms with Gasteiger partial charge < -0.3 is 9.79 Å². The van der Waals surface area contributed by atoms with E-state index in [0.717, 1.165) is 0 Å². The molecular formula is C8H12BO4P. The van der Waals surface area contributed by atoms with Crippen LogP contribution in [0.4, 0.5) is 0 Å². The van der Waals surface area contributed by atoms with Gasteiger partial charge in [-0.1, -0.05) is 24.0 Å². The average Bonchev–Trinajstić information content (AvgIpc) is 2.15. The molecule has 0 heterocycles. The third-order valence-electron chi connectivity index (χ3n) is 2.09. The van der Waals surface area contributed by atoms with E-state index >= 15 is 0 Å². The summed E-state index contributed by atoms with van der Waals surface area (Å²) in [6.07, 6.45) is 5.28. The van der Waals surface area contributed by atoms with Crippen molar-refractivity contribution in [1.82, 2.24) is 0 Å². The molecule has 0 aromatic carbocycles. The molecule has 0 saturated carbocycles. The summed E-state index contributed by atoms with van der Waals surface area (Å²) in [4.78, 5) is 21.6. The first-order chi connectivity index (χ1) is 6.63. The van der Waals surface area contributed by atoms with E-state index < -0.39 is 14.5 Å². The number of rotatable bonds is 3. The second kappa shape index (κ2) is 5.64. The fourth-order valence-electron chi connectivity index (χ4n) is 1.38. The van der Waals surface area contributed by atoms with Crippen molar-refractivity contribution in [3.05, 3.63) is 24.0 Å². The largest absolute Gasteiger partial charge is 0.347 e. The summed E-state index contributed by atoms with van der Waals surface area (Å²) in [7, 11) is 3.58. The van der Waals surface area contributed by atoms with Crippen molar-refractivity contribution in [3.63, 3.8) is 0 Å². The van der Waals surface area contributed by atoms with Crippen LogP contribution in [0.25, 0.3) is 0 Å². The number of allylic oxidation sites excluding steroid dienone is 1. The van der Waals surface area contributed by atoms with E-state index in [4.69, 9.17) is 22.9 Å². The second-order valence-electron chi connectivity index (χ2n) is 3.17. The normalized spacial score (nSPS) is 33.0. The van der Waals surface area contributed by atoms with Crippen molar-refractivity contribution < 1.29 is 19.9 Å². The zero-order valence-corrected chi connectivity index (χ0v) is 8.42. The lowest BCUT2D eigenvalue weighted by Crippen LogP contribution is -2.24. The third kappa shape index (κ3) is 3.52. The first-order valence-electron chi connectivity index (χ1n) is 4.23. The van der Waals surface area contributed by atoms with Crippen LogP contribution in [-0.2, 0) is 4.89 Å². The van der Waals surface area contributed by atoms with Gasteiger partial charge in [0, 0.05) is 5.92 Å². The molecule has 0 spiro atoms. The molecule has 4 nitrogen and oxygen atoms in total. The predicted molar refractivity (Wildman–Crippen MR) is 54.8 cm³/mol. The quantitative estimate of drug-likeness (QED) is 0.217. The lowest BCUT2D eigenvalue weighted by Gasteiger charge is -2.25. The fraction of sp³-hybridized carbons (Fsp3) is 0.500. The molecule has 0 amide bonds. The average molecular weight is 214 g/mol. The molecule has 2 radical (unpaired) electrons. The maximum atomic E-state index is 8.68. The molecule has 1 aliphatic rings. The molecule has 0 aliphatic heterocycles. The van der Waals surface area contributed by atoms with Gasteiger partial charge in [-0.15, -0.1) is 0 Å². The number of hydrogen-bond donors (Lipinski definition) is 3. The summed E-state index contributed by atoms with van der Waals surface area (Å²) in [6, 6.07) is 0. The topological polar surface area (TPSA) is 69.9 Å². The summed E-state index contributed by atoms with van der Waals surface area (Å²) in [5.41, 5.74) is 0. The van der Waals surface area contributed by atoms with Crippen LogP contribution >= 0.6 is 8.38 Å². The molecule has 76 valence electrons. The van der Waals surface area contributed by atoms with E-state index in [0.29, 0.717) is 6.42 Å². The molecule has 1 aliphatic carbocycles. The fourth-order valence-corrected chi connectivity index (χ4v) is 1.73.